The second-order valence-corrected chi connectivity index (χ2v) is 6.86. The van der Waals surface area contributed by atoms with Gasteiger partial charge in [-0.2, -0.15) is 0 Å². The number of hydrogen-bond donors (Lipinski definition) is 1. The van der Waals surface area contributed by atoms with Crippen LogP contribution in [-0.4, -0.2) is 10.9 Å². The van der Waals surface area contributed by atoms with Gasteiger partial charge >= 0.3 is 0 Å². The lowest BCUT2D eigenvalue weighted by molar-refractivity contribution is -0.115. The van der Waals surface area contributed by atoms with Crippen LogP contribution in [0.5, 0.6) is 5.75 Å². The highest BCUT2D eigenvalue weighted by molar-refractivity contribution is 9.12. The summed E-state index contributed by atoms with van der Waals surface area (Å²) in [5.74, 6) is 0.447. The van der Waals surface area contributed by atoms with E-state index in [0.717, 1.165) is 34.0 Å². The maximum absolute atomic E-state index is 11.9. The van der Waals surface area contributed by atoms with Crippen molar-refractivity contribution in [2.75, 3.05) is 0 Å². The maximum atomic E-state index is 11.9. The second-order valence-electron chi connectivity index (χ2n) is 5.27. The lowest BCUT2D eigenvalue weighted by Crippen LogP contribution is -2.22. The first-order valence-electron chi connectivity index (χ1n) is 5.88. The smallest absolute Gasteiger partial charge is 0.171 e. The predicted molar refractivity (Wildman–Crippen MR) is 77.7 cm³/mol. The summed E-state index contributed by atoms with van der Waals surface area (Å²) in [6.45, 7) is 2.15. The van der Waals surface area contributed by atoms with E-state index >= 15 is 0 Å². The van der Waals surface area contributed by atoms with Gasteiger partial charge in [0.05, 0.1) is 8.96 Å². The number of fused-ring (bicyclic) bond motifs is 3. The van der Waals surface area contributed by atoms with Crippen LogP contribution in [0.25, 0.3) is 5.57 Å². The van der Waals surface area contributed by atoms with Crippen LogP contribution in [0.1, 0.15) is 30.9 Å². The largest absolute Gasteiger partial charge is 0.507 e. The number of ketones is 1. The fourth-order valence-corrected chi connectivity index (χ4v) is 4.45. The van der Waals surface area contributed by atoms with Crippen LogP contribution in [0, 0.1) is 5.41 Å². The van der Waals surface area contributed by atoms with Crippen LogP contribution < -0.4 is 0 Å². The molecule has 1 aromatic carbocycles. The van der Waals surface area contributed by atoms with E-state index in [9.17, 15) is 9.90 Å². The quantitative estimate of drug-likeness (QED) is 0.742. The number of carbonyl (C=O) groups excluding carboxylic acids is 1. The molecular weight excluding hydrogens is 360 g/mol. The summed E-state index contributed by atoms with van der Waals surface area (Å²) in [4.78, 5) is 11.9. The predicted octanol–water partition coefficient (Wildman–Crippen LogP) is 4.19. The Bertz CT molecular complexity index is 604. The third-order valence-electron chi connectivity index (χ3n) is 4.04. The van der Waals surface area contributed by atoms with Crippen LogP contribution in [0.4, 0.5) is 0 Å². The highest BCUT2D eigenvalue weighted by Crippen LogP contribution is 2.56. The average Bonchev–Trinajstić information content (AvgIpc) is 2.55. The summed E-state index contributed by atoms with van der Waals surface area (Å²) >= 11 is 6.89. The minimum atomic E-state index is -0.0562. The van der Waals surface area contributed by atoms with Gasteiger partial charge in [0.15, 0.2) is 5.78 Å². The molecule has 1 atom stereocenters. The Labute approximate surface area is 122 Å². The van der Waals surface area contributed by atoms with E-state index < -0.39 is 0 Å². The third kappa shape index (κ3) is 1.55. The average molecular weight is 372 g/mol. The summed E-state index contributed by atoms with van der Waals surface area (Å²) in [6, 6.07) is 3.60. The van der Waals surface area contributed by atoms with Gasteiger partial charge in [0.25, 0.3) is 0 Å². The summed E-state index contributed by atoms with van der Waals surface area (Å²) in [5, 5.41) is 9.76. The van der Waals surface area contributed by atoms with Gasteiger partial charge in [-0.15, -0.1) is 0 Å². The zero-order valence-corrected chi connectivity index (χ0v) is 13.1. The molecule has 0 radical (unpaired) electrons. The van der Waals surface area contributed by atoms with Crippen molar-refractivity contribution in [2.24, 2.45) is 5.41 Å². The fourth-order valence-electron chi connectivity index (χ4n) is 3.07. The Morgan fingerprint density at radius 3 is 2.78 bits per heavy atom. The van der Waals surface area contributed by atoms with E-state index in [-0.39, 0.29) is 16.9 Å². The fraction of sp³-hybridized carbons (Fsp3) is 0.357. The number of halogens is 2. The Kier molecular flexibility index (Phi) is 2.72. The molecule has 0 bridgehead atoms. The van der Waals surface area contributed by atoms with E-state index in [4.69, 9.17) is 0 Å². The Morgan fingerprint density at radius 2 is 2.06 bits per heavy atom. The summed E-state index contributed by atoms with van der Waals surface area (Å²) in [6.07, 6.45) is 2.41. The lowest BCUT2D eigenvalue weighted by Gasteiger charge is -2.34. The maximum Gasteiger partial charge on any atom is 0.171 e. The molecule has 0 fully saturated rings. The van der Waals surface area contributed by atoms with Crippen LogP contribution in [0.15, 0.2) is 21.1 Å². The van der Waals surface area contributed by atoms with E-state index in [1.54, 1.807) is 6.07 Å². The van der Waals surface area contributed by atoms with Crippen LogP contribution >= 0.6 is 31.9 Å². The number of phenols is 1. The summed E-state index contributed by atoms with van der Waals surface area (Å²) in [5.41, 5.74) is 3.24. The van der Waals surface area contributed by atoms with Gasteiger partial charge in [0, 0.05) is 11.8 Å². The number of rotatable bonds is 0. The van der Waals surface area contributed by atoms with Gasteiger partial charge in [-0.3, -0.25) is 4.79 Å². The molecule has 0 saturated heterocycles. The standard InChI is InChI=1S/C14H12Br2O2/c1-14-5-4-8-7(2-3-9(17)12(8)15)11(14)13(16)10(18)6-14/h2-3,17H,4-6H2,1H3. The molecule has 0 aliphatic heterocycles. The van der Waals surface area contributed by atoms with Crippen molar-refractivity contribution in [3.8, 4) is 5.75 Å². The molecule has 0 heterocycles. The third-order valence-corrected chi connectivity index (χ3v) is 5.76. The molecule has 2 aliphatic rings. The van der Waals surface area contributed by atoms with E-state index in [2.05, 4.69) is 38.8 Å². The van der Waals surface area contributed by atoms with E-state index in [1.165, 1.54) is 0 Å². The highest BCUT2D eigenvalue weighted by Gasteiger charge is 2.44. The number of phenolic OH excluding ortho intramolecular Hbond substituents is 1. The number of hydrogen-bond acceptors (Lipinski definition) is 2. The monoisotopic (exact) mass is 370 g/mol. The van der Waals surface area contributed by atoms with Crippen molar-refractivity contribution in [3.63, 3.8) is 0 Å². The van der Waals surface area contributed by atoms with Crippen molar-refractivity contribution in [1.29, 1.82) is 0 Å². The Morgan fingerprint density at radius 1 is 1.33 bits per heavy atom. The first-order valence-corrected chi connectivity index (χ1v) is 7.47. The van der Waals surface area contributed by atoms with Gasteiger partial charge in [0.1, 0.15) is 5.75 Å². The first-order chi connectivity index (χ1) is 8.44. The molecule has 1 unspecified atom stereocenters. The van der Waals surface area contributed by atoms with Crippen LogP contribution in [0.3, 0.4) is 0 Å². The molecule has 0 aromatic heterocycles. The van der Waals surface area contributed by atoms with Crippen molar-refractivity contribution in [1.82, 2.24) is 0 Å². The minimum Gasteiger partial charge on any atom is -0.507 e. The lowest BCUT2D eigenvalue weighted by atomic mass is 9.70. The SMILES string of the molecule is CC12CCc3c(ccc(O)c3Br)C1=C(Br)C(=O)C2. The molecular formula is C14H12Br2O2. The molecule has 1 N–H and O–H groups in total. The van der Waals surface area contributed by atoms with Gasteiger partial charge < -0.3 is 5.11 Å². The van der Waals surface area contributed by atoms with Crippen molar-refractivity contribution in [2.45, 2.75) is 26.2 Å². The van der Waals surface area contributed by atoms with Gasteiger partial charge in [0.2, 0.25) is 0 Å². The number of benzene rings is 1. The number of allylic oxidation sites excluding steroid dienone is 2. The van der Waals surface area contributed by atoms with Gasteiger partial charge in [-0.1, -0.05) is 13.0 Å². The molecule has 1 aromatic rings. The first kappa shape index (κ1) is 12.4. The van der Waals surface area contributed by atoms with E-state index in [1.807, 2.05) is 6.07 Å². The molecule has 2 aliphatic carbocycles. The number of carbonyl (C=O) groups is 1. The molecule has 3 rings (SSSR count). The van der Waals surface area contributed by atoms with Crippen LogP contribution in [-0.2, 0) is 11.2 Å². The van der Waals surface area contributed by atoms with Crippen molar-refractivity contribution < 1.29 is 9.90 Å². The topological polar surface area (TPSA) is 37.3 Å². The molecule has 2 nitrogen and oxygen atoms in total. The normalized spacial score (nSPS) is 26.3. The summed E-state index contributed by atoms with van der Waals surface area (Å²) < 4.78 is 1.47. The van der Waals surface area contributed by atoms with Crippen molar-refractivity contribution >= 4 is 43.2 Å². The van der Waals surface area contributed by atoms with Crippen LogP contribution in [0.2, 0.25) is 0 Å². The zero-order valence-electron chi connectivity index (χ0n) is 9.89. The zero-order chi connectivity index (χ0) is 13.1. The van der Waals surface area contributed by atoms with Gasteiger partial charge in [-0.05, 0) is 67.5 Å². The Balaban J connectivity index is 2.30. The molecule has 0 saturated carbocycles. The van der Waals surface area contributed by atoms with E-state index in [0.29, 0.717) is 10.9 Å². The summed E-state index contributed by atoms with van der Waals surface area (Å²) in [7, 11) is 0. The molecule has 94 valence electrons. The molecule has 18 heavy (non-hydrogen) atoms. The highest BCUT2D eigenvalue weighted by atomic mass is 79.9. The minimum absolute atomic E-state index is 0.0562. The number of aromatic hydroxyl groups is 1. The van der Waals surface area contributed by atoms with Gasteiger partial charge in [-0.25, -0.2) is 0 Å². The second kappa shape index (κ2) is 3.94. The molecule has 4 heteroatoms. The molecule has 0 amide bonds. The molecule has 0 spiro atoms. The Hall–Kier alpha value is -0.610. The number of Topliss-reactive ketones (excluding diaryl/α,β-unsaturated/α-hetero) is 1. The van der Waals surface area contributed by atoms with Crippen molar-refractivity contribution in [3.05, 3.63) is 32.2 Å².